The molecule has 0 aromatic heterocycles. The maximum Gasteiger partial charge on any atom is 0.265 e. The van der Waals surface area contributed by atoms with E-state index in [1.165, 1.54) is 0 Å². The molecule has 1 fully saturated rings. The third kappa shape index (κ3) is 5.22. The molecule has 0 aliphatic carbocycles. The summed E-state index contributed by atoms with van der Waals surface area (Å²) in [7, 11) is 0. The van der Waals surface area contributed by atoms with Gasteiger partial charge in [-0.25, -0.2) is 0 Å². The van der Waals surface area contributed by atoms with Crippen molar-refractivity contribution in [3.8, 4) is 17.6 Å². The van der Waals surface area contributed by atoms with Gasteiger partial charge < -0.3 is 19.5 Å². The van der Waals surface area contributed by atoms with Gasteiger partial charge in [0.2, 0.25) is 0 Å². The van der Waals surface area contributed by atoms with Gasteiger partial charge in [0.25, 0.3) is 5.91 Å². The van der Waals surface area contributed by atoms with E-state index in [0.29, 0.717) is 29.4 Å². The van der Waals surface area contributed by atoms with Crippen LogP contribution >= 0.6 is 0 Å². The van der Waals surface area contributed by atoms with Crippen LogP contribution in [0.15, 0.2) is 48.5 Å². The summed E-state index contributed by atoms with van der Waals surface area (Å²) in [6.07, 6.45) is 1.46. The van der Waals surface area contributed by atoms with Crippen LogP contribution in [0.4, 0.5) is 5.69 Å². The number of anilines is 1. The molecule has 140 valence electrons. The number of nitrogens with one attached hydrogen (secondary N) is 1. The summed E-state index contributed by atoms with van der Waals surface area (Å²) in [5, 5.41) is 11.9. The number of nitriles is 1. The first-order chi connectivity index (χ1) is 13.2. The van der Waals surface area contributed by atoms with Crippen LogP contribution in [0.5, 0.6) is 11.5 Å². The van der Waals surface area contributed by atoms with E-state index >= 15 is 0 Å². The van der Waals surface area contributed by atoms with Gasteiger partial charge >= 0.3 is 0 Å². The van der Waals surface area contributed by atoms with Crippen molar-refractivity contribution < 1.29 is 19.0 Å². The van der Waals surface area contributed by atoms with Gasteiger partial charge in [0.1, 0.15) is 24.2 Å². The van der Waals surface area contributed by atoms with Gasteiger partial charge in [-0.1, -0.05) is 18.2 Å². The lowest BCUT2D eigenvalue weighted by Gasteiger charge is -2.16. The van der Waals surface area contributed by atoms with Crippen molar-refractivity contribution in [1.82, 2.24) is 0 Å². The number of benzene rings is 2. The summed E-state index contributed by atoms with van der Waals surface area (Å²) >= 11 is 0. The number of para-hydroxylation sites is 1. The van der Waals surface area contributed by atoms with Crippen LogP contribution in [0, 0.1) is 11.3 Å². The predicted molar refractivity (Wildman–Crippen MR) is 101 cm³/mol. The van der Waals surface area contributed by atoms with Gasteiger partial charge in [-0.15, -0.1) is 0 Å². The van der Waals surface area contributed by atoms with Crippen LogP contribution in [0.1, 0.15) is 25.3 Å². The molecule has 0 bridgehead atoms. The fourth-order valence-corrected chi connectivity index (χ4v) is 2.78. The average Bonchev–Trinajstić information content (AvgIpc) is 3.20. The van der Waals surface area contributed by atoms with Crippen LogP contribution in [0.3, 0.4) is 0 Å². The van der Waals surface area contributed by atoms with Crippen molar-refractivity contribution in [3.63, 3.8) is 0 Å². The zero-order valence-electron chi connectivity index (χ0n) is 15.2. The second kappa shape index (κ2) is 9.06. The number of carbonyl (C=O) groups excluding carboxylic acids is 1. The van der Waals surface area contributed by atoms with Crippen LogP contribution in [-0.4, -0.2) is 31.3 Å². The number of ether oxygens (including phenoxy) is 3. The first-order valence-corrected chi connectivity index (χ1v) is 8.97. The van der Waals surface area contributed by atoms with Gasteiger partial charge in [-0.3, -0.25) is 4.79 Å². The molecule has 2 unspecified atom stereocenters. The number of nitrogens with zero attached hydrogens (tertiary/aromatic N) is 1. The third-order valence-corrected chi connectivity index (χ3v) is 4.24. The van der Waals surface area contributed by atoms with E-state index in [0.717, 1.165) is 19.4 Å². The molecule has 3 rings (SSSR count). The van der Waals surface area contributed by atoms with Crippen LogP contribution in [-0.2, 0) is 9.53 Å². The van der Waals surface area contributed by atoms with Gasteiger partial charge in [-0.2, -0.15) is 5.26 Å². The highest BCUT2D eigenvalue weighted by molar-refractivity contribution is 5.94. The van der Waals surface area contributed by atoms with Gasteiger partial charge in [-0.05, 0) is 44.0 Å². The zero-order valence-corrected chi connectivity index (χ0v) is 15.2. The normalized spacial score (nSPS) is 17.0. The van der Waals surface area contributed by atoms with Gasteiger partial charge in [0.15, 0.2) is 6.10 Å². The number of rotatable bonds is 7. The number of hydrogen-bond donors (Lipinski definition) is 1. The highest BCUT2D eigenvalue weighted by atomic mass is 16.5. The van der Waals surface area contributed by atoms with Crippen LogP contribution in [0.25, 0.3) is 0 Å². The Bertz CT molecular complexity index is 825. The van der Waals surface area contributed by atoms with Crippen molar-refractivity contribution in [2.75, 3.05) is 18.5 Å². The molecule has 1 amide bonds. The summed E-state index contributed by atoms with van der Waals surface area (Å²) in [5.41, 5.74) is 1.01. The van der Waals surface area contributed by atoms with E-state index in [2.05, 4.69) is 11.4 Å². The maximum atomic E-state index is 12.4. The Morgan fingerprint density at radius 3 is 2.96 bits per heavy atom. The van der Waals surface area contributed by atoms with Crippen LogP contribution in [0.2, 0.25) is 0 Å². The highest BCUT2D eigenvalue weighted by Gasteiger charge is 2.18. The molecule has 0 radical (unpaired) electrons. The number of carbonyl (C=O) groups is 1. The predicted octanol–water partition coefficient (Wildman–Crippen LogP) is 3.52. The molecule has 6 nitrogen and oxygen atoms in total. The van der Waals surface area contributed by atoms with E-state index in [4.69, 9.17) is 19.5 Å². The molecule has 0 saturated carbocycles. The fourth-order valence-electron chi connectivity index (χ4n) is 2.78. The average molecular weight is 366 g/mol. The lowest BCUT2D eigenvalue weighted by atomic mass is 10.2. The molecule has 2 atom stereocenters. The highest BCUT2D eigenvalue weighted by Crippen LogP contribution is 2.21. The lowest BCUT2D eigenvalue weighted by Crippen LogP contribution is -2.30. The summed E-state index contributed by atoms with van der Waals surface area (Å²) in [5.74, 6) is 0.752. The monoisotopic (exact) mass is 366 g/mol. The van der Waals surface area contributed by atoms with Gasteiger partial charge in [0.05, 0.1) is 11.7 Å². The van der Waals surface area contributed by atoms with Crippen molar-refractivity contribution in [3.05, 3.63) is 54.1 Å². The smallest absolute Gasteiger partial charge is 0.265 e. The SMILES string of the molecule is CC(Oc1ccccc1C#N)C(=O)Nc1cccc(OCC2CCCO2)c1. The molecule has 27 heavy (non-hydrogen) atoms. The summed E-state index contributed by atoms with van der Waals surface area (Å²) in [6, 6.07) is 16.1. The third-order valence-electron chi connectivity index (χ3n) is 4.24. The van der Waals surface area contributed by atoms with E-state index < -0.39 is 6.10 Å². The second-order valence-electron chi connectivity index (χ2n) is 6.33. The van der Waals surface area contributed by atoms with Crippen molar-refractivity contribution in [2.24, 2.45) is 0 Å². The summed E-state index contributed by atoms with van der Waals surface area (Å²) < 4.78 is 16.9. The Balaban J connectivity index is 1.56. The first-order valence-electron chi connectivity index (χ1n) is 8.97. The first kappa shape index (κ1) is 18.7. The summed E-state index contributed by atoms with van der Waals surface area (Å²) in [4.78, 5) is 12.4. The second-order valence-corrected chi connectivity index (χ2v) is 6.33. The van der Waals surface area contributed by atoms with E-state index in [-0.39, 0.29) is 12.0 Å². The van der Waals surface area contributed by atoms with Crippen molar-refractivity contribution in [1.29, 1.82) is 5.26 Å². The van der Waals surface area contributed by atoms with E-state index in [1.54, 1.807) is 43.3 Å². The fraction of sp³-hybridized carbons (Fsp3) is 0.333. The lowest BCUT2D eigenvalue weighted by molar-refractivity contribution is -0.122. The standard InChI is InChI=1S/C21H22N2O4/c1-15(27-20-10-3-2-6-16(20)13-22)21(24)23-17-7-4-8-18(12-17)26-14-19-9-5-11-25-19/h2-4,6-8,10,12,15,19H,5,9,11,14H2,1H3,(H,23,24). The summed E-state index contributed by atoms with van der Waals surface area (Å²) in [6.45, 7) is 2.93. The molecule has 2 aromatic rings. The zero-order chi connectivity index (χ0) is 19.1. The number of hydrogen-bond acceptors (Lipinski definition) is 5. The Hall–Kier alpha value is -3.04. The van der Waals surface area contributed by atoms with E-state index in [1.807, 2.05) is 12.1 Å². The molecular weight excluding hydrogens is 344 g/mol. The molecular formula is C21H22N2O4. The largest absolute Gasteiger partial charge is 0.491 e. The Morgan fingerprint density at radius 1 is 1.33 bits per heavy atom. The van der Waals surface area contributed by atoms with Crippen molar-refractivity contribution in [2.45, 2.75) is 32.0 Å². The minimum Gasteiger partial charge on any atom is -0.491 e. The number of amides is 1. The molecule has 1 aliphatic rings. The minimum atomic E-state index is -0.754. The molecule has 6 heteroatoms. The molecule has 2 aromatic carbocycles. The van der Waals surface area contributed by atoms with E-state index in [9.17, 15) is 4.79 Å². The molecule has 1 N–H and O–H groups in total. The van der Waals surface area contributed by atoms with Crippen LogP contribution < -0.4 is 14.8 Å². The molecule has 0 spiro atoms. The molecule has 1 heterocycles. The topological polar surface area (TPSA) is 80.6 Å². The quantitative estimate of drug-likeness (QED) is 0.811. The maximum absolute atomic E-state index is 12.4. The molecule has 1 aliphatic heterocycles. The minimum absolute atomic E-state index is 0.136. The Labute approximate surface area is 158 Å². The Morgan fingerprint density at radius 2 is 2.19 bits per heavy atom. The van der Waals surface area contributed by atoms with Crippen molar-refractivity contribution >= 4 is 11.6 Å². The Kier molecular flexibility index (Phi) is 6.29. The van der Waals surface area contributed by atoms with Gasteiger partial charge in [0, 0.05) is 18.4 Å². The molecule has 1 saturated heterocycles.